The van der Waals surface area contributed by atoms with Crippen molar-refractivity contribution in [2.75, 3.05) is 0 Å². The molecule has 1 aliphatic carbocycles. The first-order chi connectivity index (χ1) is 7.72. The van der Waals surface area contributed by atoms with Gasteiger partial charge in [0.05, 0.1) is 17.6 Å². The summed E-state index contributed by atoms with van der Waals surface area (Å²) in [4.78, 5) is 11.1. The van der Waals surface area contributed by atoms with Gasteiger partial charge in [-0.3, -0.25) is 4.79 Å². The summed E-state index contributed by atoms with van der Waals surface area (Å²) < 4.78 is 0. The lowest BCUT2D eigenvalue weighted by Gasteiger charge is -2.16. The van der Waals surface area contributed by atoms with E-state index in [1.165, 1.54) is 0 Å². The molecule has 1 aliphatic rings. The number of carboxylic acids is 1. The van der Waals surface area contributed by atoms with Crippen molar-refractivity contribution in [2.24, 2.45) is 5.92 Å². The second-order valence-electron chi connectivity index (χ2n) is 4.22. The lowest BCUT2D eigenvalue weighted by molar-refractivity contribution is -0.142. The molecule has 1 saturated carbocycles. The van der Waals surface area contributed by atoms with Gasteiger partial charge in [0.15, 0.2) is 0 Å². The number of benzene rings is 1. The van der Waals surface area contributed by atoms with E-state index in [9.17, 15) is 4.79 Å². The average molecular weight is 215 g/mol. The van der Waals surface area contributed by atoms with Gasteiger partial charge in [-0.2, -0.15) is 5.26 Å². The summed E-state index contributed by atoms with van der Waals surface area (Å²) >= 11 is 0. The summed E-state index contributed by atoms with van der Waals surface area (Å²) in [5.41, 5.74) is 1.59. The van der Waals surface area contributed by atoms with Gasteiger partial charge in [0.2, 0.25) is 0 Å². The maximum Gasteiger partial charge on any atom is 0.307 e. The van der Waals surface area contributed by atoms with E-state index in [0.717, 1.165) is 24.8 Å². The summed E-state index contributed by atoms with van der Waals surface area (Å²) in [5.74, 6) is -0.926. The fourth-order valence-electron chi connectivity index (χ4n) is 2.49. The van der Waals surface area contributed by atoms with Gasteiger partial charge in [0.1, 0.15) is 0 Å². The van der Waals surface area contributed by atoms with Gasteiger partial charge >= 0.3 is 5.97 Å². The molecular weight excluding hydrogens is 202 g/mol. The Morgan fingerprint density at radius 1 is 1.44 bits per heavy atom. The monoisotopic (exact) mass is 215 g/mol. The van der Waals surface area contributed by atoms with E-state index in [4.69, 9.17) is 10.4 Å². The summed E-state index contributed by atoms with van der Waals surface area (Å²) in [6.07, 6.45) is 2.61. The quantitative estimate of drug-likeness (QED) is 0.824. The molecule has 1 aromatic carbocycles. The Kier molecular flexibility index (Phi) is 2.91. The van der Waals surface area contributed by atoms with E-state index in [0.29, 0.717) is 5.56 Å². The molecule has 0 amide bonds. The highest BCUT2D eigenvalue weighted by molar-refractivity contribution is 5.72. The second kappa shape index (κ2) is 4.36. The largest absolute Gasteiger partial charge is 0.481 e. The van der Waals surface area contributed by atoms with Crippen LogP contribution in [-0.2, 0) is 4.79 Å². The Hall–Kier alpha value is -1.82. The van der Waals surface area contributed by atoms with Crippen LogP contribution in [0.15, 0.2) is 24.3 Å². The lowest BCUT2D eigenvalue weighted by Crippen LogP contribution is -2.16. The lowest BCUT2D eigenvalue weighted by atomic mass is 9.88. The van der Waals surface area contributed by atoms with Crippen LogP contribution < -0.4 is 0 Å². The molecule has 1 aromatic rings. The fraction of sp³-hybridized carbons (Fsp3) is 0.385. The standard InChI is InChI=1S/C13H13NO2/c14-8-9-3-1-4-10(7-9)11-5-2-6-12(11)13(15)16/h1,3-4,7,11-12H,2,5-6H2,(H,15,16). The maximum absolute atomic E-state index is 11.1. The Bertz CT molecular complexity index is 447. The number of hydrogen-bond acceptors (Lipinski definition) is 2. The Labute approximate surface area is 94.3 Å². The summed E-state index contributed by atoms with van der Waals surface area (Å²) in [6, 6.07) is 9.39. The molecule has 16 heavy (non-hydrogen) atoms. The molecule has 0 radical (unpaired) electrons. The molecule has 0 saturated heterocycles. The normalized spacial score (nSPS) is 23.9. The number of hydrogen-bond donors (Lipinski definition) is 1. The molecule has 2 rings (SSSR count). The van der Waals surface area contributed by atoms with Gasteiger partial charge in [-0.15, -0.1) is 0 Å². The predicted octanol–water partition coefficient (Wildman–Crippen LogP) is 2.53. The van der Waals surface area contributed by atoms with Gasteiger partial charge < -0.3 is 5.11 Å². The Morgan fingerprint density at radius 3 is 2.94 bits per heavy atom. The van der Waals surface area contributed by atoms with Crippen molar-refractivity contribution in [1.29, 1.82) is 5.26 Å². The molecule has 0 bridgehead atoms. The highest BCUT2D eigenvalue weighted by Crippen LogP contribution is 2.39. The first-order valence-electron chi connectivity index (χ1n) is 5.45. The molecule has 0 spiro atoms. The summed E-state index contributed by atoms with van der Waals surface area (Å²) in [6.45, 7) is 0. The minimum absolute atomic E-state index is 0.0748. The molecule has 1 N–H and O–H groups in total. The molecule has 1 fully saturated rings. The summed E-state index contributed by atoms with van der Waals surface area (Å²) in [7, 11) is 0. The number of aliphatic carboxylic acids is 1. The molecule has 3 nitrogen and oxygen atoms in total. The molecule has 2 atom stereocenters. The minimum atomic E-state index is -0.718. The third-order valence-electron chi connectivity index (χ3n) is 3.28. The fourth-order valence-corrected chi connectivity index (χ4v) is 2.49. The molecule has 0 aromatic heterocycles. The maximum atomic E-state index is 11.1. The van der Waals surface area contributed by atoms with Crippen LogP contribution >= 0.6 is 0 Å². The average Bonchev–Trinajstić information content (AvgIpc) is 2.78. The van der Waals surface area contributed by atoms with Crippen LogP contribution in [0.2, 0.25) is 0 Å². The predicted molar refractivity (Wildman–Crippen MR) is 58.9 cm³/mol. The zero-order chi connectivity index (χ0) is 11.5. The van der Waals surface area contributed by atoms with E-state index in [1.807, 2.05) is 18.2 Å². The van der Waals surface area contributed by atoms with Crippen molar-refractivity contribution >= 4 is 5.97 Å². The third kappa shape index (κ3) is 1.92. The van der Waals surface area contributed by atoms with Gasteiger partial charge in [0, 0.05) is 0 Å². The topological polar surface area (TPSA) is 61.1 Å². The molecule has 0 aliphatic heterocycles. The second-order valence-corrected chi connectivity index (χ2v) is 4.22. The number of rotatable bonds is 2. The molecule has 3 heteroatoms. The first kappa shape index (κ1) is 10.7. The number of carboxylic acid groups (broad SMARTS) is 1. The van der Waals surface area contributed by atoms with Crippen molar-refractivity contribution in [1.82, 2.24) is 0 Å². The molecule has 82 valence electrons. The smallest absolute Gasteiger partial charge is 0.307 e. The van der Waals surface area contributed by atoms with Crippen molar-refractivity contribution in [3.8, 4) is 6.07 Å². The molecule has 0 heterocycles. The first-order valence-corrected chi connectivity index (χ1v) is 5.45. The summed E-state index contributed by atoms with van der Waals surface area (Å²) in [5, 5.41) is 17.9. The molecular formula is C13H13NO2. The van der Waals surface area contributed by atoms with Crippen LogP contribution in [0.1, 0.15) is 36.3 Å². The van der Waals surface area contributed by atoms with Crippen LogP contribution in [0.5, 0.6) is 0 Å². The zero-order valence-corrected chi connectivity index (χ0v) is 8.89. The van der Waals surface area contributed by atoms with Crippen LogP contribution in [0.25, 0.3) is 0 Å². The van der Waals surface area contributed by atoms with Crippen LogP contribution in [0.3, 0.4) is 0 Å². The van der Waals surface area contributed by atoms with Crippen molar-refractivity contribution in [2.45, 2.75) is 25.2 Å². The van der Waals surface area contributed by atoms with E-state index in [-0.39, 0.29) is 11.8 Å². The Balaban J connectivity index is 2.29. The van der Waals surface area contributed by atoms with Gasteiger partial charge in [-0.1, -0.05) is 18.6 Å². The molecule has 2 unspecified atom stereocenters. The van der Waals surface area contributed by atoms with Crippen molar-refractivity contribution < 1.29 is 9.90 Å². The number of nitriles is 1. The van der Waals surface area contributed by atoms with Gasteiger partial charge in [-0.25, -0.2) is 0 Å². The zero-order valence-electron chi connectivity index (χ0n) is 8.89. The van der Waals surface area contributed by atoms with E-state index in [2.05, 4.69) is 6.07 Å². The highest BCUT2D eigenvalue weighted by Gasteiger charge is 2.33. The van der Waals surface area contributed by atoms with Crippen LogP contribution in [0.4, 0.5) is 0 Å². The van der Waals surface area contributed by atoms with Gasteiger partial charge in [-0.05, 0) is 36.5 Å². The SMILES string of the molecule is N#Cc1cccc(C2CCCC2C(=O)O)c1. The van der Waals surface area contributed by atoms with E-state index in [1.54, 1.807) is 6.07 Å². The van der Waals surface area contributed by atoms with Crippen molar-refractivity contribution in [3.05, 3.63) is 35.4 Å². The van der Waals surface area contributed by atoms with Crippen molar-refractivity contribution in [3.63, 3.8) is 0 Å². The van der Waals surface area contributed by atoms with E-state index < -0.39 is 5.97 Å². The van der Waals surface area contributed by atoms with Crippen LogP contribution in [0, 0.1) is 17.2 Å². The Morgan fingerprint density at radius 2 is 2.25 bits per heavy atom. The highest BCUT2D eigenvalue weighted by atomic mass is 16.4. The number of nitrogens with zero attached hydrogens (tertiary/aromatic N) is 1. The number of carbonyl (C=O) groups is 1. The van der Waals surface area contributed by atoms with Gasteiger partial charge in [0.25, 0.3) is 0 Å². The third-order valence-corrected chi connectivity index (χ3v) is 3.28. The van der Waals surface area contributed by atoms with E-state index >= 15 is 0 Å². The minimum Gasteiger partial charge on any atom is -0.481 e. The van der Waals surface area contributed by atoms with Crippen LogP contribution in [-0.4, -0.2) is 11.1 Å².